The monoisotopic (exact) mass is 370 g/mol. The third-order valence-corrected chi connectivity index (χ3v) is 5.72. The second-order valence-corrected chi connectivity index (χ2v) is 7.86. The summed E-state index contributed by atoms with van der Waals surface area (Å²) in [4.78, 5) is 3.49. The van der Waals surface area contributed by atoms with Crippen LogP contribution in [0.5, 0.6) is 0 Å². The van der Waals surface area contributed by atoms with E-state index in [4.69, 9.17) is 12.2 Å². The SMILES string of the molecule is S=C(Cc1ccc(Sc2ccc3ccccc3c2)cc1)c1ccccc1. The van der Waals surface area contributed by atoms with Crippen LogP contribution < -0.4 is 0 Å². The Kier molecular flexibility index (Phi) is 5.14. The minimum Gasteiger partial charge on any atom is -0.0901 e. The van der Waals surface area contributed by atoms with E-state index >= 15 is 0 Å². The molecule has 0 nitrogen and oxygen atoms in total. The molecule has 0 spiro atoms. The summed E-state index contributed by atoms with van der Waals surface area (Å²) in [6.45, 7) is 0. The molecule has 0 bridgehead atoms. The number of rotatable bonds is 5. The molecule has 0 radical (unpaired) electrons. The van der Waals surface area contributed by atoms with Gasteiger partial charge in [0.05, 0.1) is 0 Å². The molecule has 0 aliphatic heterocycles. The van der Waals surface area contributed by atoms with E-state index in [0.717, 1.165) is 16.8 Å². The van der Waals surface area contributed by atoms with Crippen LogP contribution in [-0.4, -0.2) is 4.86 Å². The minimum absolute atomic E-state index is 0.806. The predicted molar refractivity (Wildman–Crippen MR) is 116 cm³/mol. The molecule has 0 N–H and O–H groups in total. The van der Waals surface area contributed by atoms with E-state index in [-0.39, 0.29) is 0 Å². The summed E-state index contributed by atoms with van der Waals surface area (Å²) in [6, 6.07) is 34.0. The summed E-state index contributed by atoms with van der Waals surface area (Å²) >= 11 is 7.37. The lowest BCUT2D eigenvalue weighted by molar-refractivity contribution is 1.30. The molecule has 26 heavy (non-hydrogen) atoms. The molecule has 0 atom stereocenters. The van der Waals surface area contributed by atoms with Crippen molar-refractivity contribution < 1.29 is 0 Å². The number of hydrogen-bond donors (Lipinski definition) is 0. The fraction of sp³-hybridized carbons (Fsp3) is 0.0417. The van der Waals surface area contributed by atoms with Crippen LogP contribution in [0.25, 0.3) is 10.8 Å². The first-order valence-electron chi connectivity index (χ1n) is 8.62. The first kappa shape index (κ1) is 17.0. The van der Waals surface area contributed by atoms with E-state index in [9.17, 15) is 0 Å². The van der Waals surface area contributed by atoms with Gasteiger partial charge in [-0.2, -0.15) is 0 Å². The first-order chi connectivity index (χ1) is 12.8. The van der Waals surface area contributed by atoms with Gasteiger partial charge in [-0.05, 0) is 46.2 Å². The largest absolute Gasteiger partial charge is 0.0901 e. The summed E-state index contributed by atoms with van der Waals surface area (Å²) in [5, 5.41) is 2.56. The van der Waals surface area contributed by atoms with Gasteiger partial charge in [0.15, 0.2) is 0 Å². The van der Waals surface area contributed by atoms with Crippen molar-refractivity contribution >= 4 is 39.6 Å². The standard InChI is InChI=1S/C24H18S2/c25-24(20-7-2-1-3-8-20)16-18-10-13-22(14-11-18)26-23-15-12-19-6-4-5-9-21(19)17-23/h1-15,17H,16H2. The average Bonchev–Trinajstić information content (AvgIpc) is 2.70. The lowest BCUT2D eigenvalue weighted by Gasteiger charge is -2.07. The van der Waals surface area contributed by atoms with E-state index in [1.165, 1.54) is 26.1 Å². The van der Waals surface area contributed by atoms with Gasteiger partial charge in [-0.15, -0.1) is 0 Å². The Balaban J connectivity index is 1.46. The predicted octanol–water partition coefficient (Wildman–Crippen LogP) is 6.95. The van der Waals surface area contributed by atoms with Gasteiger partial charge in [-0.25, -0.2) is 0 Å². The Labute approximate surface area is 163 Å². The normalized spacial score (nSPS) is 10.8. The van der Waals surface area contributed by atoms with E-state index in [2.05, 4.69) is 78.9 Å². The van der Waals surface area contributed by atoms with E-state index in [1.807, 2.05) is 18.2 Å². The number of hydrogen-bond acceptors (Lipinski definition) is 2. The van der Waals surface area contributed by atoms with Gasteiger partial charge in [0.1, 0.15) is 0 Å². The molecule has 4 rings (SSSR count). The van der Waals surface area contributed by atoms with Crippen LogP contribution in [0.1, 0.15) is 11.1 Å². The zero-order valence-corrected chi connectivity index (χ0v) is 15.9. The van der Waals surface area contributed by atoms with Gasteiger partial charge in [0.2, 0.25) is 0 Å². The van der Waals surface area contributed by atoms with Gasteiger partial charge in [0, 0.05) is 21.1 Å². The molecule has 0 fully saturated rings. The van der Waals surface area contributed by atoms with Gasteiger partial charge < -0.3 is 0 Å². The summed E-state index contributed by atoms with van der Waals surface area (Å²) < 4.78 is 0. The quantitative estimate of drug-likeness (QED) is 0.275. The number of thiocarbonyl (C=S) groups is 1. The molecule has 4 aromatic rings. The lowest BCUT2D eigenvalue weighted by atomic mass is 10.0. The zero-order chi connectivity index (χ0) is 17.8. The second kappa shape index (κ2) is 7.86. The Morgan fingerprint density at radius 1 is 0.654 bits per heavy atom. The Morgan fingerprint density at radius 2 is 1.31 bits per heavy atom. The van der Waals surface area contributed by atoms with Gasteiger partial charge >= 0.3 is 0 Å². The maximum Gasteiger partial charge on any atom is 0.0268 e. The van der Waals surface area contributed by atoms with Crippen LogP contribution >= 0.6 is 24.0 Å². The molecule has 0 aliphatic rings. The molecule has 126 valence electrons. The number of benzene rings is 4. The highest BCUT2D eigenvalue weighted by Crippen LogP contribution is 2.30. The van der Waals surface area contributed by atoms with Crippen molar-refractivity contribution in [3.05, 3.63) is 108 Å². The highest BCUT2D eigenvalue weighted by atomic mass is 32.2. The Hall–Kier alpha value is -2.42. The maximum absolute atomic E-state index is 5.58. The van der Waals surface area contributed by atoms with Gasteiger partial charge in [-0.1, -0.05) is 96.8 Å². The topological polar surface area (TPSA) is 0 Å². The van der Waals surface area contributed by atoms with E-state index in [0.29, 0.717) is 0 Å². The summed E-state index contributed by atoms with van der Waals surface area (Å²) in [5.74, 6) is 0. The van der Waals surface area contributed by atoms with Crippen molar-refractivity contribution in [3.8, 4) is 0 Å². The van der Waals surface area contributed by atoms with Crippen LogP contribution in [0.3, 0.4) is 0 Å². The number of fused-ring (bicyclic) bond motifs is 1. The van der Waals surface area contributed by atoms with Crippen molar-refractivity contribution in [2.45, 2.75) is 16.2 Å². The third-order valence-electron chi connectivity index (χ3n) is 4.34. The van der Waals surface area contributed by atoms with Crippen molar-refractivity contribution in [1.82, 2.24) is 0 Å². The smallest absolute Gasteiger partial charge is 0.0268 e. The second-order valence-electron chi connectivity index (χ2n) is 6.22. The van der Waals surface area contributed by atoms with Crippen LogP contribution in [0.4, 0.5) is 0 Å². The van der Waals surface area contributed by atoms with E-state index < -0.39 is 0 Å². The lowest BCUT2D eigenvalue weighted by Crippen LogP contribution is -2.01. The fourth-order valence-corrected chi connectivity index (χ4v) is 4.12. The molecular weight excluding hydrogens is 352 g/mol. The van der Waals surface area contributed by atoms with Crippen molar-refractivity contribution in [1.29, 1.82) is 0 Å². The van der Waals surface area contributed by atoms with Gasteiger partial charge in [-0.3, -0.25) is 0 Å². The molecule has 0 aliphatic carbocycles. The highest BCUT2D eigenvalue weighted by Gasteiger charge is 2.04. The third kappa shape index (κ3) is 4.04. The van der Waals surface area contributed by atoms with Crippen LogP contribution in [-0.2, 0) is 6.42 Å². The molecule has 0 amide bonds. The van der Waals surface area contributed by atoms with Crippen LogP contribution in [0, 0.1) is 0 Å². The molecule has 0 saturated heterocycles. The van der Waals surface area contributed by atoms with Crippen molar-refractivity contribution in [3.63, 3.8) is 0 Å². The summed E-state index contributed by atoms with van der Waals surface area (Å²) in [7, 11) is 0. The van der Waals surface area contributed by atoms with Crippen LogP contribution in [0.2, 0.25) is 0 Å². The fourth-order valence-electron chi connectivity index (χ4n) is 2.95. The molecular formula is C24H18S2. The maximum atomic E-state index is 5.58. The van der Waals surface area contributed by atoms with Crippen molar-refractivity contribution in [2.24, 2.45) is 0 Å². The first-order valence-corrected chi connectivity index (χ1v) is 9.84. The summed E-state index contributed by atoms with van der Waals surface area (Å²) in [5.41, 5.74) is 2.39. The molecule has 0 unspecified atom stereocenters. The minimum atomic E-state index is 0.806. The Bertz CT molecular complexity index is 1030. The molecule has 0 aromatic heterocycles. The van der Waals surface area contributed by atoms with Gasteiger partial charge in [0.25, 0.3) is 0 Å². The molecule has 0 heterocycles. The van der Waals surface area contributed by atoms with Crippen LogP contribution in [0.15, 0.2) is 107 Å². The highest BCUT2D eigenvalue weighted by molar-refractivity contribution is 7.99. The molecule has 0 saturated carbocycles. The average molecular weight is 371 g/mol. The Morgan fingerprint density at radius 3 is 2.08 bits per heavy atom. The molecule has 2 heteroatoms. The molecule has 4 aromatic carbocycles. The van der Waals surface area contributed by atoms with E-state index in [1.54, 1.807) is 11.8 Å². The van der Waals surface area contributed by atoms with Crippen molar-refractivity contribution in [2.75, 3.05) is 0 Å². The zero-order valence-electron chi connectivity index (χ0n) is 14.3. The summed E-state index contributed by atoms with van der Waals surface area (Å²) in [6.07, 6.45) is 0.806.